The van der Waals surface area contributed by atoms with Crippen LogP contribution in [0, 0.1) is 10.1 Å². The van der Waals surface area contributed by atoms with Gasteiger partial charge in [-0.25, -0.2) is 4.79 Å². The Balaban J connectivity index is 1.61. The van der Waals surface area contributed by atoms with Gasteiger partial charge in [0.15, 0.2) is 5.76 Å². The molecule has 140 valence electrons. The molecule has 0 spiro atoms. The molecule has 0 unspecified atom stereocenters. The van der Waals surface area contributed by atoms with Crippen molar-refractivity contribution in [2.45, 2.75) is 10.1 Å². The van der Waals surface area contributed by atoms with Crippen LogP contribution in [0.4, 0.5) is 5.69 Å². The van der Waals surface area contributed by atoms with E-state index < -0.39 is 10.9 Å². The van der Waals surface area contributed by atoms with Gasteiger partial charge >= 0.3 is 5.97 Å². The number of rotatable bonds is 5. The van der Waals surface area contributed by atoms with Gasteiger partial charge in [0.25, 0.3) is 16.8 Å². The number of fused-ring (bicyclic) bond motifs is 1. The normalized spacial score (nSPS) is 10.9. The minimum absolute atomic E-state index is 0.158. The minimum atomic E-state index is -0.803. The number of furan rings is 1. The summed E-state index contributed by atoms with van der Waals surface area (Å²) in [6.07, 6.45) is 0. The Bertz CT molecular complexity index is 1170. The minimum Gasteiger partial charge on any atom is -0.465 e. The summed E-state index contributed by atoms with van der Waals surface area (Å²) < 4.78 is 15.9. The summed E-state index contributed by atoms with van der Waals surface area (Å²) in [6, 6.07) is 13.3. The van der Waals surface area contributed by atoms with Gasteiger partial charge in [-0.2, -0.15) is 0 Å². The Morgan fingerprint density at radius 2 is 1.96 bits per heavy atom. The zero-order chi connectivity index (χ0) is 19.7. The zero-order valence-electron chi connectivity index (χ0n) is 14.3. The third kappa shape index (κ3) is 3.32. The molecular weight excluding hydrogens is 386 g/mol. The Morgan fingerprint density at radius 1 is 1.14 bits per heavy atom. The maximum absolute atomic E-state index is 11.8. The number of carbonyl (C=O) groups excluding carboxylic acids is 1. The predicted molar refractivity (Wildman–Crippen MR) is 98.1 cm³/mol. The standard InChI is InChI=1S/C18H11N3O6S/c1-25-17(22)12-9-11(6-7-13(12)21(23)24)28-18-20-19-16(27-18)15-8-10-4-2-3-5-14(10)26-15/h2-9H,1H3. The van der Waals surface area contributed by atoms with Gasteiger partial charge < -0.3 is 13.6 Å². The second-order valence-corrected chi connectivity index (χ2v) is 6.58. The first kappa shape index (κ1) is 17.7. The van der Waals surface area contributed by atoms with Crippen LogP contribution in [0.15, 0.2) is 67.5 Å². The molecule has 0 amide bonds. The van der Waals surface area contributed by atoms with Crippen LogP contribution in [-0.2, 0) is 4.74 Å². The van der Waals surface area contributed by atoms with Crippen LogP contribution < -0.4 is 0 Å². The van der Waals surface area contributed by atoms with E-state index in [0.717, 1.165) is 24.3 Å². The molecule has 0 bridgehead atoms. The highest BCUT2D eigenvalue weighted by atomic mass is 32.2. The van der Waals surface area contributed by atoms with E-state index in [-0.39, 0.29) is 22.4 Å². The molecule has 0 N–H and O–H groups in total. The molecule has 0 saturated carbocycles. The number of hydrogen-bond donors (Lipinski definition) is 0. The van der Waals surface area contributed by atoms with Crippen molar-refractivity contribution in [3.63, 3.8) is 0 Å². The monoisotopic (exact) mass is 397 g/mol. The quantitative estimate of drug-likeness (QED) is 0.275. The first-order valence-corrected chi connectivity index (χ1v) is 8.74. The molecule has 2 aromatic carbocycles. The van der Waals surface area contributed by atoms with E-state index >= 15 is 0 Å². The maximum Gasteiger partial charge on any atom is 0.344 e. The van der Waals surface area contributed by atoms with Crippen LogP contribution in [0.5, 0.6) is 0 Å². The summed E-state index contributed by atoms with van der Waals surface area (Å²) >= 11 is 1.06. The summed E-state index contributed by atoms with van der Waals surface area (Å²) in [4.78, 5) is 22.8. The van der Waals surface area contributed by atoms with E-state index in [1.54, 1.807) is 6.07 Å². The Labute approximate surface area is 161 Å². The molecule has 0 fully saturated rings. The summed E-state index contributed by atoms with van der Waals surface area (Å²) in [5, 5.41) is 20.1. The van der Waals surface area contributed by atoms with Crippen molar-refractivity contribution < 1.29 is 23.3 Å². The molecule has 4 rings (SSSR count). The first-order valence-electron chi connectivity index (χ1n) is 7.92. The molecule has 2 aromatic heterocycles. The van der Waals surface area contributed by atoms with Gasteiger partial charge in [-0.1, -0.05) is 18.2 Å². The van der Waals surface area contributed by atoms with Crippen molar-refractivity contribution in [1.29, 1.82) is 0 Å². The Morgan fingerprint density at radius 3 is 2.71 bits per heavy atom. The average molecular weight is 397 g/mol. The number of methoxy groups -OCH3 is 1. The second-order valence-electron chi connectivity index (χ2n) is 5.55. The molecule has 0 radical (unpaired) electrons. The third-order valence-electron chi connectivity index (χ3n) is 3.82. The van der Waals surface area contributed by atoms with Gasteiger partial charge in [-0.15, -0.1) is 10.2 Å². The number of para-hydroxylation sites is 1. The highest BCUT2D eigenvalue weighted by Gasteiger charge is 2.22. The van der Waals surface area contributed by atoms with Crippen LogP contribution in [0.25, 0.3) is 22.6 Å². The van der Waals surface area contributed by atoms with Gasteiger partial charge in [0.2, 0.25) is 0 Å². The summed E-state index contributed by atoms with van der Waals surface area (Å²) in [7, 11) is 1.16. The van der Waals surface area contributed by atoms with Gasteiger partial charge in [-0.3, -0.25) is 10.1 Å². The van der Waals surface area contributed by atoms with Gasteiger partial charge in [0, 0.05) is 16.3 Å². The third-order valence-corrected chi connectivity index (χ3v) is 4.65. The largest absolute Gasteiger partial charge is 0.465 e. The van der Waals surface area contributed by atoms with E-state index in [1.807, 2.05) is 24.3 Å². The molecule has 2 heterocycles. The lowest BCUT2D eigenvalue weighted by atomic mass is 10.2. The molecular formula is C18H11N3O6S. The number of nitro benzene ring substituents is 1. The van der Waals surface area contributed by atoms with Crippen molar-refractivity contribution in [3.05, 3.63) is 64.2 Å². The van der Waals surface area contributed by atoms with E-state index in [9.17, 15) is 14.9 Å². The van der Waals surface area contributed by atoms with Crippen LogP contribution >= 0.6 is 11.8 Å². The lowest BCUT2D eigenvalue weighted by Gasteiger charge is -2.03. The van der Waals surface area contributed by atoms with Crippen LogP contribution in [0.2, 0.25) is 0 Å². The van der Waals surface area contributed by atoms with E-state index in [1.165, 1.54) is 18.2 Å². The van der Waals surface area contributed by atoms with E-state index in [2.05, 4.69) is 14.9 Å². The second kappa shape index (κ2) is 7.16. The number of benzene rings is 2. The highest BCUT2D eigenvalue weighted by Crippen LogP contribution is 2.33. The van der Waals surface area contributed by atoms with E-state index in [4.69, 9.17) is 8.83 Å². The number of aromatic nitrogens is 2. The van der Waals surface area contributed by atoms with Gasteiger partial charge in [-0.05, 0) is 36.0 Å². The molecule has 10 heteroatoms. The smallest absolute Gasteiger partial charge is 0.344 e. The highest BCUT2D eigenvalue weighted by molar-refractivity contribution is 7.99. The fraction of sp³-hybridized carbons (Fsp3) is 0.0556. The number of nitrogens with zero attached hydrogens (tertiary/aromatic N) is 3. The number of nitro groups is 1. The number of esters is 1. The SMILES string of the molecule is COC(=O)c1cc(Sc2nnc(-c3cc4ccccc4o3)o2)ccc1[N+](=O)[O-]. The Kier molecular flexibility index (Phi) is 4.53. The van der Waals surface area contributed by atoms with Crippen molar-refractivity contribution in [2.24, 2.45) is 0 Å². The molecule has 4 aromatic rings. The predicted octanol–water partition coefficient (Wildman–Crippen LogP) is 4.33. The lowest BCUT2D eigenvalue weighted by Crippen LogP contribution is -2.05. The summed E-state index contributed by atoms with van der Waals surface area (Å²) in [5.41, 5.74) is 0.196. The number of carbonyl (C=O) groups is 1. The maximum atomic E-state index is 11.8. The lowest BCUT2D eigenvalue weighted by molar-refractivity contribution is -0.385. The molecule has 0 saturated heterocycles. The van der Waals surface area contributed by atoms with Crippen molar-refractivity contribution in [2.75, 3.05) is 7.11 Å². The average Bonchev–Trinajstić information content (AvgIpc) is 3.33. The Hall–Kier alpha value is -3.66. The van der Waals surface area contributed by atoms with Crippen LogP contribution in [-0.4, -0.2) is 28.2 Å². The van der Waals surface area contributed by atoms with E-state index in [0.29, 0.717) is 16.2 Å². The molecule has 0 aliphatic heterocycles. The van der Waals surface area contributed by atoms with Gasteiger partial charge in [0.1, 0.15) is 11.1 Å². The summed E-state index contributed by atoms with van der Waals surface area (Å²) in [5.74, 6) is -0.170. The van der Waals surface area contributed by atoms with Crippen molar-refractivity contribution >= 4 is 34.4 Å². The van der Waals surface area contributed by atoms with Crippen LogP contribution in [0.1, 0.15) is 10.4 Å². The number of ether oxygens (including phenoxy) is 1. The van der Waals surface area contributed by atoms with Crippen molar-refractivity contribution in [3.8, 4) is 11.7 Å². The molecule has 0 atom stereocenters. The topological polar surface area (TPSA) is 122 Å². The van der Waals surface area contributed by atoms with Crippen LogP contribution in [0.3, 0.4) is 0 Å². The first-order chi connectivity index (χ1) is 13.5. The van der Waals surface area contributed by atoms with Crippen molar-refractivity contribution in [1.82, 2.24) is 10.2 Å². The number of hydrogen-bond acceptors (Lipinski definition) is 9. The summed E-state index contributed by atoms with van der Waals surface area (Å²) in [6.45, 7) is 0. The fourth-order valence-electron chi connectivity index (χ4n) is 2.55. The van der Waals surface area contributed by atoms with Gasteiger partial charge in [0.05, 0.1) is 12.0 Å². The molecule has 9 nitrogen and oxygen atoms in total. The zero-order valence-corrected chi connectivity index (χ0v) is 15.1. The molecule has 0 aliphatic rings. The molecule has 0 aliphatic carbocycles. The molecule has 28 heavy (non-hydrogen) atoms. The fourth-order valence-corrected chi connectivity index (χ4v) is 3.27.